The van der Waals surface area contributed by atoms with Crippen LogP contribution >= 0.6 is 0 Å². The fourth-order valence-electron chi connectivity index (χ4n) is 2.53. The highest BCUT2D eigenvalue weighted by Crippen LogP contribution is 2.19. The number of sulfonamides is 1. The van der Waals surface area contributed by atoms with Crippen LogP contribution in [-0.4, -0.2) is 50.0 Å². The largest absolute Gasteiger partial charge is 0.452 e. The third-order valence-electron chi connectivity index (χ3n) is 4.08. The van der Waals surface area contributed by atoms with Gasteiger partial charge in [-0.1, -0.05) is 6.07 Å². The lowest BCUT2D eigenvalue weighted by Gasteiger charge is -2.26. The van der Waals surface area contributed by atoms with Crippen LogP contribution in [0.5, 0.6) is 0 Å². The molecule has 0 amide bonds. The van der Waals surface area contributed by atoms with Crippen LogP contribution in [0.25, 0.3) is 0 Å². The Bertz CT molecular complexity index is 880. The van der Waals surface area contributed by atoms with E-state index in [0.717, 1.165) is 5.69 Å². The van der Waals surface area contributed by atoms with Crippen molar-refractivity contribution in [3.8, 4) is 0 Å². The molecule has 0 N–H and O–H groups in total. The second-order valence-corrected chi connectivity index (χ2v) is 7.81. The number of esters is 1. The minimum absolute atomic E-state index is 0.0525. The zero-order chi connectivity index (χ0) is 18.7. The Kier molecular flexibility index (Phi) is 5.40. The Morgan fingerprint density at radius 3 is 2.65 bits per heavy atom. The summed E-state index contributed by atoms with van der Waals surface area (Å²) >= 11 is 0. The Hall–Kier alpha value is -2.23. The van der Waals surface area contributed by atoms with Crippen molar-refractivity contribution in [1.29, 1.82) is 0 Å². The molecule has 3 rings (SSSR count). The van der Waals surface area contributed by atoms with E-state index in [9.17, 15) is 13.2 Å². The fraction of sp³-hybridized carbons (Fsp3) is 0.412. The van der Waals surface area contributed by atoms with E-state index in [4.69, 9.17) is 13.9 Å². The lowest BCUT2D eigenvalue weighted by atomic mass is 10.2. The molecule has 1 aliphatic heterocycles. The van der Waals surface area contributed by atoms with E-state index in [1.54, 1.807) is 13.8 Å². The molecule has 2 heterocycles. The summed E-state index contributed by atoms with van der Waals surface area (Å²) in [6.45, 7) is 4.75. The molecule has 0 radical (unpaired) electrons. The van der Waals surface area contributed by atoms with Crippen molar-refractivity contribution in [2.75, 3.05) is 26.3 Å². The van der Waals surface area contributed by atoms with Gasteiger partial charge in [0.05, 0.1) is 29.4 Å². The van der Waals surface area contributed by atoms with Crippen LogP contribution in [0.3, 0.4) is 0 Å². The second-order valence-electron chi connectivity index (χ2n) is 5.87. The number of hydrogen-bond donors (Lipinski definition) is 0. The van der Waals surface area contributed by atoms with Crippen molar-refractivity contribution < 1.29 is 27.1 Å². The molecule has 8 nitrogen and oxygen atoms in total. The van der Waals surface area contributed by atoms with E-state index >= 15 is 0 Å². The average molecular weight is 380 g/mol. The van der Waals surface area contributed by atoms with Gasteiger partial charge in [-0.2, -0.15) is 4.31 Å². The average Bonchev–Trinajstić information content (AvgIpc) is 2.98. The van der Waals surface area contributed by atoms with Gasteiger partial charge < -0.3 is 13.9 Å². The van der Waals surface area contributed by atoms with Crippen LogP contribution < -0.4 is 0 Å². The van der Waals surface area contributed by atoms with Crippen molar-refractivity contribution in [3.63, 3.8) is 0 Å². The SMILES string of the molecule is Cc1nc(COC(=O)c2cccc(S(=O)(=O)N3CCOCC3)c2)oc1C. The molecular weight excluding hydrogens is 360 g/mol. The minimum Gasteiger partial charge on any atom is -0.452 e. The van der Waals surface area contributed by atoms with Crippen molar-refractivity contribution in [2.24, 2.45) is 0 Å². The molecule has 9 heteroatoms. The van der Waals surface area contributed by atoms with Gasteiger partial charge in [0.15, 0.2) is 6.61 Å². The number of aryl methyl sites for hydroxylation is 2. The van der Waals surface area contributed by atoms with Gasteiger partial charge in [0.1, 0.15) is 5.76 Å². The van der Waals surface area contributed by atoms with E-state index in [-0.39, 0.29) is 17.1 Å². The highest BCUT2D eigenvalue weighted by molar-refractivity contribution is 7.89. The summed E-state index contributed by atoms with van der Waals surface area (Å²) in [6, 6.07) is 5.80. The second kappa shape index (κ2) is 7.56. The molecule has 26 heavy (non-hydrogen) atoms. The summed E-state index contributed by atoms with van der Waals surface area (Å²) in [5.74, 6) is 0.317. The quantitative estimate of drug-likeness (QED) is 0.728. The molecule has 140 valence electrons. The Labute approximate surface area is 151 Å². The summed E-state index contributed by atoms with van der Waals surface area (Å²) in [7, 11) is -3.67. The van der Waals surface area contributed by atoms with Crippen molar-refractivity contribution in [2.45, 2.75) is 25.3 Å². The first-order chi connectivity index (χ1) is 12.4. The number of carbonyl (C=O) groups is 1. The first-order valence-corrected chi connectivity index (χ1v) is 9.60. The zero-order valence-electron chi connectivity index (χ0n) is 14.6. The summed E-state index contributed by atoms with van der Waals surface area (Å²) in [6.07, 6.45) is 0. The Morgan fingerprint density at radius 1 is 1.27 bits per heavy atom. The van der Waals surface area contributed by atoms with E-state index < -0.39 is 16.0 Å². The third-order valence-corrected chi connectivity index (χ3v) is 5.97. The van der Waals surface area contributed by atoms with Crippen LogP contribution in [0.4, 0.5) is 0 Å². The van der Waals surface area contributed by atoms with Gasteiger partial charge >= 0.3 is 5.97 Å². The van der Waals surface area contributed by atoms with Gasteiger partial charge in [-0.25, -0.2) is 18.2 Å². The van der Waals surface area contributed by atoms with Gasteiger partial charge in [0.2, 0.25) is 15.9 Å². The Balaban J connectivity index is 1.72. The molecule has 0 aliphatic carbocycles. The molecular formula is C17H20N2O6S. The standard InChI is InChI=1S/C17H20N2O6S/c1-12-13(2)25-16(18-12)11-24-17(20)14-4-3-5-15(10-14)26(21,22)19-6-8-23-9-7-19/h3-5,10H,6-9,11H2,1-2H3. The number of aromatic nitrogens is 1. The maximum atomic E-state index is 12.7. The smallest absolute Gasteiger partial charge is 0.338 e. The molecule has 1 fully saturated rings. The van der Waals surface area contributed by atoms with Crippen molar-refractivity contribution in [1.82, 2.24) is 9.29 Å². The van der Waals surface area contributed by atoms with Crippen molar-refractivity contribution in [3.05, 3.63) is 47.2 Å². The molecule has 0 saturated carbocycles. The molecule has 1 saturated heterocycles. The predicted octanol–water partition coefficient (Wildman–Crippen LogP) is 1.67. The number of nitrogens with zero attached hydrogens (tertiary/aromatic N) is 2. The van der Waals surface area contributed by atoms with Crippen LogP contribution in [0, 0.1) is 13.8 Å². The normalized spacial score (nSPS) is 15.8. The number of rotatable bonds is 5. The van der Waals surface area contributed by atoms with Crippen LogP contribution in [0.2, 0.25) is 0 Å². The molecule has 0 bridgehead atoms. The van der Waals surface area contributed by atoms with E-state index in [1.807, 2.05) is 0 Å². The summed E-state index contributed by atoms with van der Waals surface area (Å²) in [5.41, 5.74) is 0.883. The number of morpholine rings is 1. The molecule has 1 aliphatic rings. The zero-order valence-corrected chi connectivity index (χ0v) is 15.4. The van der Waals surface area contributed by atoms with Crippen LogP contribution in [-0.2, 0) is 26.1 Å². The highest BCUT2D eigenvalue weighted by Gasteiger charge is 2.27. The molecule has 0 atom stereocenters. The summed E-state index contributed by atoms with van der Waals surface area (Å²) in [5, 5.41) is 0. The third kappa shape index (κ3) is 3.95. The first-order valence-electron chi connectivity index (χ1n) is 8.16. The van der Waals surface area contributed by atoms with Crippen LogP contribution in [0.15, 0.2) is 33.6 Å². The molecule has 1 aromatic heterocycles. The van der Waals surface area contributed by atoms with Gasteiger partial charge in [-0.05, 0) is 32.0 Å². The van der Waals surface area contributed by atoms with Gasteiger partial charge in [0, 0.05) is 13.1 Å². The molecule has 2 aromatic rings. The topological polar surface area (TPSA) is 98.9 Å². The Morgan fingerprint density at radius 2 is 2.00 bits per heavy atom. The number of carbonyl (C=O) groups excluding carboxylic acids is 1. The molecule has 0 spiro atoms. The number of oxazole rings is 1. The van der Waals surface area contributed by atoms with Crippen LogP contribution in [0.1, 0.15) is 27.7 Å². The highest BCUT2D eigenvalue weighted by atomic mass is 32.2. The van der Waals surface area contributed by atoms with Gasteiger partial charge in [-0.3, -0.25) is 0 Å². The van der Waals surface area contributed by atoms with Gasteiger partial charge in [0.25, 0.3) is 0 Å². The minimum atomic E-state index is -3.67. The number of ether oxygens (including phenoxy) is 2. The van der Waals surface area contributed by atoms with E-state index in [1.165, 1.54) is 28.6 Å². The maximum Gasteiger partial charge on any atom is 0.338 e. The lowest BCUT2D eigenvalue weighted by Crippen LogP contribution is -2.40. The summed E-state index contributed by atoms with van der Waals surface area (Å²) in [4.78, 5) is 16.4. The first kappa shape index (κ1) is 18.6. The number of hydrogen-bond acceptors (Lipinski definition) is 7. The lowest BCUT2D eigenvalue weighted by molar-refractivity contribution is 0.0436. The van der Waals surface area contributed by atoms with E-state index in [0.29, 0.717) is 38.0 Å². The maximum absolute atomic E-state index is 12.7. The van der Waals surface area contributed by atoms with Gasteiger partial charge in [-0.15, -0.1) is 0 Å². The monoisotopic (exact) mass is 380 g/mol. The number of benzene rings is 1. The fourth-order valence-corrected chi connectivity index (χ4v) is 3.99. The van der Waals surface area contributed by atoms with E-state index in [2.05, 4.69) is 4.98 Å². The van der Waals surface area contributed by atoms with Crippen molar-refractivity contribution >= 4 is 16.0 Å². The summed E-state index contributed by atoms with van der Waals surface area (Å²) < 4.78 is 42.4. The predicted molar refractivity (Wildman–Crippen MR) is 91.1 cm³/mol. The molecule has 0 unspecified atom stereocenters. The molecule has 1 aromatic carbocycles.